The maximum atomic E-state index is 12.5. The minimum absolute atomic E-state index is 0. The summed E-state index contributed by atoms with van der Waals surface area (Å²) in [6, 6.07) is -0.360. The van der Waals surface area contributed by atoms with E-state index in [-0.39, 0.29) is 36.8 Å². The third-order valence-corrected chi connectivity index (χ3v) is 5.28. The van der Waals surface area contributed by atoms with Gasteiger partial charge in [-0.1, -0.05) is 27.7 Å². The van der Waals surface area contributed by atoms with Gasteiger partial charge in [0.15, 0.2) is 0 Å². The molecular weight excluding hydrogens is 365 g/mol. The molecule has 1 aromatic rings. The highest BCUT2D eigenvalue weighted by Crippen LogP contribution is 2.31. The Balaban J connectivity index is 0.00000264. The predicted octanol–water partition coefficient (Wildman–Crippen LogP) is 4.19. The average Bonchev–Trinajstić information content (AvgIpc) is 2.96. The van der Waals surface area contributed by atoms with Crippen molar-refractivity contribution in [2.75, 3.05) is 13.1 Å². The number of carbonyl (C=O) groups excluding carboxylic acids is 1. The molecule has 1 aliphatic heterocycles. The van der Waals surface area contributed by atoms with Gasteiger partial charge in [-0.3, -0.25) is 4.79 Å². The zero-order valence-electron chi connectivity index (χ0n) is 15.0. The maximum Gasteiger partial charge on any atom is 0.239 e. The molecule has 1 aliphatic rings. The van der Waals surface area contributed by atoms with Gasteiger partial charge in [0, 0.05) is 24.4 Å². The first-order chi connectivity index (χ1) is 10.4. The van der Waals surface area contributed by atoms with Crippen LogP contribution in [-0.4, -0.2) is 34.9 Å². The Morgan fingerprint density at radius 3 is 2.58 bits per heavy atom. The second-order valence-electron chi connectivity index (χ2n) is 7.12. The minimum Gasteiger partial charge on any atom is -0.341 e. The van der Waals surface area contributed by atoms with Crippen LogP contribution in [0.2, 0.25) is 0 Å². The molecule has 1 saturated heterocycles. The molecule has 2 heterocycles. The summed E-state index contributed by atoms with van der Waals surface area (Å²) in [4.78, 5) is 19.2. The molecule has 2 N–H and O–H groups in total. The summed E-state index contributed by atoms with van der Waals surface area (Å²) >= 11 is 1.74. The Morgan fingerprint density at radius 1 is 1.38 bits per heavy atom. The molecule has 0 spiro atoms. The van der Waals surface area contributed by atoms with Gasteiger partial charge >= 0.3 is 0 Å². The predicted molar refractivity (Wildman–Crippen MR) is 107 cm³/mol. The molecule has 1 unspecified atom stereocenters. The first-order valence-electron chi connectivity index (χ1n) is 8.38. The molecule has 0 aromatic carbocycles. The molecule has 1 fully saturated rings. The van der Waals surface area contributed by atoms with Crippen LogP contribution >= 0.6 is 36.2 Å². The van der Waals surface area contributed by atoms with Gasteiger partial charge in [-0.25, -0.2) is 4.98 Å². The zero-order valence-corrected chi connectivity index (χ0v) is 17.5. The van der Waals surface area contributed by atoms with Crippen LogP contribution in [0.3, 0.4) is 0 Å². The van der Waals surface area contributed by atoms with Crippen molar-refractivity contribution in [1.82, 2.24) is 9.88 Å². The van der Waals surface area contributed by atoms with Crippen LogP contribution < -0.4 is 5.73 Å². The number of hydrogen-bond donors (Lipinski definition) is 1. The fourth-order valence-corrected chi connectivity index (χ4v) is 4.08. The highest BCUT2D eigenvalue weighted by atomic mass is 35.5. The van der Waals surface area contributed by atoms with E-state index in [1.807, 2.05) is 4.90 Å². The molecule has 0 bridgehead atoms. The lowest BCUT2D eigenvalue weighted by atomic mass is 9.96. The van der Waals surface area contributed by atoms with Gasteiger partial charge in [-0.05, 0) is 31.1 Å². The van der Waals surface area contributed by atoms with E-state index in [4.69, 9.17) is 10.7 Å². The molecule has 2 rings (SSSR count). The van der Waals surface area contributed by atoms with Crippen molar-refractivity contribution in [2.24, 2.45) is 11.7 Å². The number of aromatic nitrogens is 1. The summed E-state index contributed by atoms with van der Waals surface area (Å²) in [7, 11) is 0. The number of carbonyl (C=O) groups is 1. The summed E-state index contributed by atoms with van der Waals surface area (Å²) in [5.74, 6) is 1.40. The molecule has 4 nitrogen and oxygen atoms in total. The number of rotatable bonds is 5. The first-order valence-corrected chi connectivity index (χ1v) is 9.26. The van der Waals surface area contributed by atoms with Crippen LogP contribution in [0.4, 0.5) is 0 Å². The van der Waals surface area contributed by atoms with E-state index in [9.17, 15) is 4.79 Å². The average molecular weight is 396 g/mol. The molecule has 1 aromatic heterocycles. The number of piperidine rings is 1. The van der Waals surface area contributed by atoms with Crippen LogP contribution in [-0.2, 0) is 4.79 Å². The molecule has 0 radical (unpaired) electrons. The summed E-state index contributed by atoms with van der Waals surface area (Å²) in [6.07, 6.45) is 2.92. The molecule has 1 amide bonds. The van der Waals surface area contributed by atoms with E-state index in [0.29, 0.717) is 17.8 Å². The third kappa shape index (κ3) is 6.17. The van der Waals surface area contributed by atoms with Gasteiger partial charge < -0.3 is 10.6 Å². The highest BCUT2D eigenvalue weighted by molar-refractivity contribution is 7.09. The molecule has 0 aliphatic carbocycles. The van der Waals surface area contributed by atoms with E-state index >= 15 is 0 Å². The fraction of sp³-hybridized carbons (Fsp3) is 0.765. The van der Waals surface area contributed by atoms with Crippen LogP contribution in [0, 0.1) is 5.92 Å². The van der Waals surface area contributed by atoms with Gasteiger partial charge in [0.2, 0.25) is 5.91 Å². The normalized spacial score (nSPS) is 19.0. The third-order valence-electron chi connectivity index (χ3n) is 4.26. The number of halogens is 2. The van der Waals surface area contributed by atoms with Crippen LogP contribution in [0.15, 0.2) is 5.38 Å². The Kier molecular flexibility index (Phi) is 10.4. The van der Waals surface area contributed by atoms with Crippen molar-refractivity contribution in [2.45, 2.75) is 64.8 Å². The quantitative estimate of drug-likeness (QED) is 0.812. The number of likely N-dealkylation sites (tertiary alicyclic amines) is 1. The van der Waals surface area contributed by atoms with Gasteiger partial charge in [-0.2, -0.15) is 0 Å². The lowest BCUT2D eigenvalue weighted by Gasteiger charge is -2.33. The van der Waals surface area contributed by atoms with Crippen molar-refractivity contribution in [3.63, 3.8) is 0 Å². The van der Waals surface area contributed by atoms with Crippen LogP contribution in [0.25, 0.3) is 0 Å². The van der Waals surface area contributed by atoms with Crippen molar-refractivity contribution in [3.05, 3.63) is 16.1 Å². The van der Waals surface area contributed by atoms with Gasteiger partial charge in [0.1, 0.15) is 0 Å². The molecule has 24 heavy (non-hydrogen) atoms. The number of nitrogens with two attached hydrogens (primary N) is 1. The number of hydrogen-bond acceptors (Lipinski definition) is 4. The highest BCUT2D eigenvalue weighted by Gasteiger charge is 2.29. The van der Waals surface area contributed by atoms with Gasteiger partial charge in [0.05, 0.1) is 16.7 Å². The minimum atomic E-state index is -0.360. The summed E-state index contributed by atoms with van der Waals surface area (Å²) in [5.41, 5.74) is 7.24. The largest absolute Gasteiger partial charge is 0.341 e. The van der Waals surface area contributed by atoms with E-state index in [0.717, 1.165) is 32.4 Å². The van der Waals surface area contributed by atoms with Crippen molar-refractivity contribution in [1.29, 1.82) is 0 Å². The Hall–Kier alpha value is -0.360. The lowest BCUT2D eigenvalue weighted by Crippen LogP contribution is -2.48. The summed E-state index contributed by atoms with van der Waals surface area (Å²) < 4.78 is 0. The van der Waals surface area contributed by atoms with Gasteiger partial charge in [-0.15, -0.1) is 36.2 Å². The molecular formula is C17H31Cl2N3OS. The molecule has 0 saturated carbocycles. The van der Waals surface area contributed by atoms with E-state index in [1.54, 1.807) is 11.3 Å². The molecule has 2 atom stereocenters. The van der Waals surface area contributed by atoms with Gasteiger partial charge in [0.25, 0.3) is 0 Å². The number of thiazole rings is 1. The number of nitrogens with zero attached hydrogens (tertiary/aromatic N) is 2. The Labute approximate surface area is 162 Å². The number of amides is 1. The first kappa shape index (κ1) is 23.6. The summed E-state index contributed by atoms with van der Waals surface area (Å²) in [6.45, 7) is 10.2. The summed E-state index contributed by atoms with van der Waals surface area (Å²) in [5, 5.41) is 3.34. The topological polar surface area (TPSA) is 59.2 Å². The van der Waals surface area contributed by atoms with Crippen molar-refractivity contribution in [3.8, 4) is 0 Å². The second kappa shape index (κ2) is 10.6. The zero-order chi connectivity index (χ0) is 16.3. The van der Waals surface area contributed by atoms with Crippen LogP contribution in [0.1, 0.15) is 69.5 Å². The molecule has 7 heteroatoms. The van der Waals surface area contributed by atoms with Crippen molar-refractivity contribution >= 4 is 42.1 Å². The monoisotopic (exact) mass is 395 g/mol. The fourth-order valence-electron chi connectivity index (χ4n) is 2.98. The lowest BCUT2D eigenvalue weighted by molar-refractivity contribution is -0.134. The Bertz CT molecular complexity index is 508. The SMILES string of the molecule is CC(C)C[C@H](N)C(=O)N1CCCC(c2nc(C(C)C)cs2)C1.Cl.Cl. The molecule has 140 valence electrons. The van der Waals surface area contributed by atoms with Crippen molar-refractivity contribution < 1.29 is 4.79 Å². The Morgan fingerprint density at radius 2 is 2.04 bits per heavy atom. The van der Waals surface area contributed by atoms with Crippen LogP contribution in [0.5, 0.6) is 0 Å². The second-order valence-corrected chi connectivity index (χ2v) is 8.01. The van der Waals surface area contributed by atoms with E-state index in [1.165, 1.54) is 10.7 Å². The standard InChI is InChI=1S/C17H29N3OS.2ClH/c1-11(2)8-14(18)17(21)20-7-5-6-13(9-20)16-19-15(10-22-16)12(3)4;;/h10-14H,5-9,18H2,1-4H3;2*1H/t13?,14-;;/m0../s1. The maximum absolute atomic E-state index is 12.5. The smallest absolute Gasteiger partial charge is 0.239 e. The van der Waals surface area contributed by atoms with E-state index in [2.05, 4.69) is 33.1 Å². The van der Waals surface area contributed by atoms with E-state index < -0.39 is 0 Å².